The maximum absolute atomic E-state index is 12.0. The van der Waals surface area contributed by atoms with Gasteiger partial charge in [0.15, 0.2) is 5.60 Å². The number of aliphatic carboxylic acids is 1. The van der Waals surface area contributed by atoms with E-state index in [2.05, 4.69) is 0 Å². The predicted octanol–water partition coefficient (Wildman–Crippen LogP) is 1.72. The molecule has 0 unspecified atom stereocenters. The molecule has 0 atom stereocenters. The van der Waals surface area contributed by atoms with E-state index in [9.17, 15) is 13.2 Å². The van der Waals surface area contributed by atoms with Crippen LogP contribution >= 0.6 is 11.6 Å². The van der Waals surface area contributed by atoms with Crippen molar-refractivity contribution < 1.29 is 23.2 Å². The molecular formula is C11H14ClNO5S. The van der Waals surface area contributed by atoms with E-state index in [1.165, 1.54) is 19.9 Å². The van der Waals surface area contributed by atoms with E-state index in [4.69, 9.17) is 21.5 Å². The van der Waals surface area contributed by atoms with Crippen LogP contribution in [0.2, 0.25) is 5.02 Å². The Balaban J connectivity index is 3.00. The van der Waals surface area contributed by atoms with Gasteiger partial charge in [0.25, 0.3) is 10.0 Å². The predicted molar refractivity (Wildman–Crippen MR) is 69.3 cm³/mol. The minimum absolute atomic E-state index is 0.0683. The van der Waals surface area contributed by atoms with Crippen LogP contribution in [0.1, 0.15) is 19.4 Å². The number of hydrogen-bond acceptors (Lipinski definition) is 4. The van der Waals surface area contributed by atoms with Gasteiger partial charge in [-0.2, -0.15) is 0 Å². The third kappa shape index (κ3) is 3.90. The Hall–Kier alpha value is -1.15. The molecule has 8 heteroatoms. The summed E-state index contributed by atoms with van der Waals surface area (Å²) in [7, 11) is -4.00. The van der Waals surface area contributed by atoms with Crippen molar-refractivity contribution in [3.05, 3.63) is 28.8 Å². The zero-order chi connectivity index (χ0) is 14.8. The van der Waals surface area contributed by atoms with Crippen molar-refractivity contribution in [1.82, 2.24) is 4.89 Å². The number of aryl methyl sites for hydroxylation is 1. The minimum Gasteiger partial charge on any atom is -0.479 e. The first-order chi connectivity index (χ1) is 8.56. The van der Waals surface area contributed by atoms with Crippen LogP contribution in [-0.4, -0.2) is 25.1 Å². The molecule has 6 nitrogen and oxygen atoms in total. The Morgan fingerprint density at radius 3 is 2.53 bits per heavy atom. The summed E-state index contributed by atoms with van der Waals surface area (Å²) < 4.78 is 24.0. The van der Waals surface area contributed by atoms with Crippen LogP contribution in [-0.2, 0) is 19.7 Å². The van der Waals surface area contributed by atoms with Crippen LogP contribution in [0.25, 0.3) is 0 Å². The van der Waals surface area contributed by atoms with Gasteiger partial charge in [-0.25, -0.2) is 13.2 Å². The maximum atomic E-state index is 12.0. The zero-order valence-electron chi connectivity index (χ0n) is 10.6. The fraction of sp³-hybridized carbons (Fsp3) is 0.364. The second-order valence-corrected chi connectivity index (χ2v) is 6.46. The molecule has 0 aliphatic rings. The quantitative estimate of drug-likeness (QED) is 0.808. The first-order valence-electron chi connectivity index (χ1n) is 5.25. The van der Waals surface area contributed by atoms with Gasteiger partial charge in [0.1, 0.15) is 0 Å². The van der Waals surface area contributed by atoms with Crippen molar-refractivity contribution >= 4 is 27.6 Å². The van der Waals surface area contributed by atoms with Crippen LogP contribution in [0.4, 0.5) is 0 Å². The average Bonchev–Trinajstić information content (AvgIpc) is 2.30. The maximum Gasteiger partial charge on any atom is 0.337 e. The van der Waals surface area contributed by atoms with Gasteiger partial charge in [0.05, 0.1) is 4.90 Å². The number of nitrogens with one attached hydrogen (secondary N) is 1. The van der Waals surface area contributed by atoms with Gasteiger partial charge in [-0.05, 0) is 38.5 Å². The standard InChI is InChI=1S/C11H14ClNO5S/c1-7-4-5-8(12)6-9(7)19(16,17)13-18-11(2,3)10(14)15/h4-6,13H,1-3H3,(H,14,15). The second kappa shape index (κ2) is 5.46. The van der Waals surface area contributed by atoms with Crippen LogP contribution in [0, 0.1) is 6.92 Å². The average molecular weight is 308 g/mol. The molecule has 0 bridgehead atoms. The molecule has 0 heterocycles. The van der Waals surface area contributed by atoms with Crippen molar-refractivity contribution in [2.75, 3.05) is 0 Å². The largest absolute Gasteiger partial charge is 0.479 e. The van der Waals surface area contributed by atoms with Crippen LogP contribution in [0.15, 0.2) is 23.1 Å². The molecule has 0 saturated carbocycles. The highest BCUT2D eigenvalue weighted by atomic mass is 35.5. The first-order valence-corrected chi connectivity index (χ1v) is 7.12. The van der Waals surface area contributed by atoms with Crippen LogP contribution in [0.5, 0.6) is 0 Å². The van der Waals surface area contributed by atoms with Gasteiger partial charge in [-0.1, -0.05) is 22.6 Å². The Morgan fingerprint density at radius 2 is 2.00 bits per heavy atom. The minimum atomic E-state index is -4.00. The van der Waals surface area contributed by atoms with E-state index in [-0.39, 0.29) is 9.92 Å². The van der Waals surface area contributed by atoms with Crippen LogP contribution in [0.3, 0.4) is 0 Å². The Bertz CT molecular complexity index is 597. The van der Waals surface area contributed by atoms with Crippen molar-refractivity contribution in [1.29, 1.82) is 0 Å². The molecule has 19 heavy (non-hydrogen) atoms. The Labute approximate surface area is 116 Å². The molecule has 0 aliphatic carbocycles. The van der Waals surface area contributed by atoms with E-state index in [0.29, 0.717) is 5.56 Å². The molecule has 1 aromatic carbocycles. The summed E-state index contributed by atoms with van der Waals surface area (Å²) in [6.45, 7) is 4.04. The number of carbonyl (C=O) groups is 1. The zero-order valence-corrected chi connectivity index (χ0v) is 12.2. The molecule has 0 radical (unpaired) electrons. The monoisotopic (exact) mass is 307 g/mol. The van der Waals surface area contributed by atoms with E-state index in [1.807, 2.05) is 0 Å². The molecule has 1 rings (SSSR count). The molecule has 0 amide bonds. The van der Waals surface area contributed by atoms with E-state index in [1.54, 1.807) is 23.9 Å². The second-order valence-electron chi connectivity index (χ2n) is 4.41. The normalized spacial score (nSPS) is 12.4. The molecule has 1 aromatic rings. The molecule has 0 saturated heterocycles. The highest BCUT2D eigenvalue weighted by Gasteiger charge is 2.31. The van der Waals surface area contributed by atoms with Gasteiger partial charge in [-0.15, -0.1) is 0 Å². The Morgan fingerprint density at radius 1 is 1.42 bits per heavy atom. The van der Waals surface area contributed by atoms with Crippen LogP contribution < -0.4 is 4.89 Å². The number of benzene rings is 1. The fourth-order valence-electron chi connectivity index (χ4n) is 1.11. The summed E-state index contributed by atoms with van der Waals surface area (Å²) in [5.74, 6) is -1.29. The fourth-order valence-corrected chi connectivity index (χ4v) is 2.53. The van der Waals surface area contributed by atoms with Gasteiger partial charge in [0.2, 0.25) is 0 Å². The van der Waals surface area contributed by atoms with Crippen molar-refractivity contribution in [2.45, 2.75) is 31.3 Å². The van der Waals surface area contributed by atoms with Gasteiger partial charge in [0, 0.05) is 5.02 Å². The lowest BCUT2D eigenvalue weighted by atomic mass is 10.1. The Kier molecular flexibility index (Phi) is 4.57. The van der Waals surface area contributed by atoms with Gasteiger partial charge in [-0.3, -0.25) is 4.84 Å². The van der Waals surface area contributed by atoms with Crippen molar-refractivity contribution in [3.63, 3.8) is 0 Å². The van der Waals surface area contributed by atoms with Gasteiger partial charge >= 0.3 is 5.97 Å². The lowest BCUT2D eigenvalue weighted by Gasteiger charge is -2.20. The first kappa shape index (κ1) is 15.9. The molecule has 0 aliphatic heterocycles. The number of sulfonamides is 1. The van der Waals surface area contributed by atoms with E-state index >= 15 is 0 Å². The third-order valence-corrected chi connectivity index (χ3v) is 3.92. The summed E-state index contributed by atoms with van der Waals surface area (Å²) in [5.41, 5.74) is -1.21. The highest BCUT2D eigenvalue weighted by molar-refractivity contribution is 7.89. The molecule has 0 aromatic heterocycles. The molecule has 0 spiro atoms. The number of rotatable bonds is 5. The summed E-state index contributed by atoms with van der Waals surface area (Å²) >= 11 is 5.74. The molecule has 0 fully saturated rings. The van der Waals surface area contributed by atoms with Crippen molar-refractivity contribution in [3.8, 4) is 0 Å². The third-order valence-electron chi connectivity index (χ3n) is 2.36. The molecule has 2 N–H and O–H groups in total. The van der Waals surface area contributed by atoms with E-state index < -0.39 is 21.6 Å². The summed E-state index contributed by atoms with van der Waals surface area (Å²) in [6.07, 6.45) is 0. The molecule has 106 valence electrons. The smallest absolute Gasteiger partial charge is 0.337 e. The van der Waals surface area contributed by atoms with E-state index in [0.717, 1.165) is 0 Å². The summed E-state index contributed by atoms with van der Waals surface area (Å²) in [6, 6.07) is 4.35. The molecular weight excluding hydrogens is 294 g/mol. The van der Waals surface area contributed by atoms with Gasteiger partial charge < -0.3 is 5.11 Å². The SMILES string of the molecule is Cc1ccc(Cl)cc1S(=O)(=O)NOC(C)(C)C(=O)O. The number of carboxylic acid groups (broad SMARTS) is 1. The number of halogens is 1. The lowest BCUT2D eigenvalue weighted by molar-refractivity contribution is -0.165. The van der Waals surface area contributed by atoms with Crippen molar-refractivity contribution in [2.24, 2.45) is 0 Å². The highest BCUT2D eigenvalue weighted by Crippen LogP contribution is 2.20. The number of hydrogen-bond donors (Lipinski definition) is 2. The topological polar surface area (TPSA) is 92.7 Å². The summed E-state index contributed by atoms with van der Waals surface area (Å²) in [5, 5.41) is 9.08. The lowest BCUT2D eigenvalue weighted by Crippen LogP contribution is -2.42. The summed E-state index contributed by atoms with van der Waals surface area (Å²) in [4.78, 5) is 17.3. The number of carboxylic acids is 1.